The first-order chi connectivity index (χ1) is 14.3. The van der Waals surface area contributed by atoms with Crippen LogP contribution >= 0.6 is 0 Å². The second-order valence-electron chi connectivity index (χ2n) is 7.21. The van der Waals surface area contributed by atoms with Crippen LogP contribution in [0.25, 0.3) is 27.8 Å². The van der Waals surface area contributed by atoms with Gasteiger partial charge in [-0.2, -0.15) is 4.52 Å². The van der Waals surface area contributed by atoms with Crippen molar-refractivity contribution >= 4 is 22.4 Å². The van der Waals surface area contributed by atoms with E-state index in [2.05, 4.69) is 59.0 Å². The Labute approximate surface area is 169 Å². The van der Waals surface area contributed by atoms with Crippen LogP contribution in [0.5, 0.6) is 0 Å². The fraction of sp³-hybridized carbons (Fsp3) is 0.125. The maximum absolute atomic E-state index is 4.93. The molecule has 5 aromatic rings. The molecule has 0 bridgehead atoms. The number of benzene rings is 3. The minimum Gasteiger partial charge on any atom is -0.369 e. The van der Waals surface area contributed by atoms with Crippen molar-refractivity contribution in [2.75, 3.05) is 11.9 Å². The first kappa shape index (κ1) is 17.4. The first-order valence-corrected chi connectivity index (χ1v) is 9.79. The Hall–Kier alpha value is -3.73. The van der Waals surface area contributed by atoms with Gasteiger partial charge in [-0.1, -0.05) is 84.9 Å². The second kappa shape index (κ2) is 7.36. The summed E-state index contributed by atoms with van der Waals surface area (Å²) in [5.41, 5.74) is 4.84. The maximum Gasteiger partial charge on any atom is 0.186 e. The Kier molecular flexibility index (Phi) is 4.41. The van der Waals surface area contributed by atoms with Crippen LogP contribution < -0.4 is 5.32 Å². The zero-order valence-electron chi connectivity index (χ0n) is 16.2. The molecule has 0 aliphatic heterocycles. The molecule has 5 rings (SSSR count). The van der Waals surface area contributed by atoms with Crippen molar-refractivity contribution in [3.8, 4) is 11.3 Å². The molecule has 2 aromatic heterocycles. The highest BCUT2D eigenvalue weighted by Crippen LogP contribution is 2.28. The van der Waals surface area contributed by atoms with Gasteiger partial charge in [-0.15, -0.1) is 5.10 Å². The third kappa shape index (κ3) is 3.21. The van der Waals surface area contributed by atoms with E-state index >= 15 is 0 Å². The number of hydrogen-bond acceptors (Lipinski definition) is 4. The topological polar surface area (TPSA) is 55.1 Å². The largest absolute Gasteiger partial charge is 0.369 e. The van der Waals surface area contributed by atoms with Crippen LogP contribution in [-0.4, -0.2) is 26.4 Å². The van der Waals surface area contributed by atoms with E-state index < -0.39 is 0 Å². The van der Waals surface area contributed by atoms with Gasteiger partial charge < -0.3 is 5.32 Å². The number of anilines is 1. The number of hydrogen-bond donors (Lipinski definition) is 1. The van der Waals surface area contributed by atoms with Gasteiger partial charge in [0.1, 0.15) is 11.5 Å². The Bertz CT molecular complexity index is 1260. The summed E-state index contributed by atoms with van der Waals surface area (Å²) in [6, 6.07) is 28.8. The summed E-state index contributed by atoms with van der Waals surface area (Å²) in [6.45, 7) is 3.01. The number of para-hydroxylation sites is 1. The zero-order valence-corrected chi connectivity index (χ0v) is 16.2. The predicted octanol–water partition coefficient (Wildman–Crippen LogP) is 5.16. The molecule has 0 amide bonds. The van der Waals surface area contributed by atoms with Gasteiger partial charge in [0, 0.05) is 17.5 Å². The summed E-state index contributed by atoms with van der Waals surface area (Å²) in [6.07, 6.45) is 0. The van der Waals surface area contributed by atoms with E-state index in [1.807, 2.05) is 53.0 Å². The lowest BCUT2D eigenvalue weighted by Crippen LogP contribution is -2.12. The molecule has 0 aliphatic carbocycles. The third-order valence-corrected chi connectivity index (χ3v) is 5.24. The van der Waals surface area contributed by atoms with E-state index in [1.165, 1.54) is 5.56 Å². The van der Waals surface area contributed by atoms with Gasteiger partial charge in [0.2, 0.25) is 0 Å². The van der Waals surface area contributed by atoms with Crippen molar-refractivity contribution in [3.05, 3.63) is 90.5 Å². The molecule has 0 aliphatic rings. The monoisotopic (exact) mass is 379 g/mol. The number of nitrogens with zero attached hydrogens (tertiary/aromatic N) is 4. The Morgan fingerprint density at radius 2 is 1.55 bits per heavy atom. The molecule has 2 heterocycles. The van der Waals surface area contributed by atoms with E-state index in [0.717, 1.165) is 40.2 Å². The summed E-state index contributed by atoms with van der Waals surface area (Å²) in [4.78, 5) is 4.93. The van der Waals surface area contributed by atoms with Crippen LogP contribution in [0, 0.1) is 0 Å². The smallest absolute Gasteiger partial charge is 0.186 e. The summed E-state index contributed by atoms with van der Waals surface area (Å²) in [7, 11) is 0. The molecule has 1 N–H and O–H groups in total. The first-order valence-electron chi connectivity index (χ1n) is 9.79. The summed E-state index contributed by atoms with van der Waals surface area (Å²) < 4.78 is 1.82. The van der Waals surface area contributed by atoms with Gasteiger partial charge in [0.05, 0.1) is 5.52 Å². The molecule has 0 fully saturated rings. The second-order valence-corrected chi connectivity index (χ2v) is 7.21. The van der Waals surface area contributed by atoms with Crippen LogP contribution in [0.1, 0.15) is 18.4 Å². The lowest BCUT2D eigenvalue weighted by atomic mass is 10.0. The highest BCUT2D eigenvalue weighted by molar-refractivity contribution is 5.93. The Morgan fingerprint density at radius 3 is 2.34 bits per heavy atom. The van der Waals surface area contributed by atoms with E-state index in [-0.39, 0.29) is 0 Å². The van der Waals surface area contributed by atoms with Crippen molar-refractivity contribution in [2.45, 2.75) is 12.8 Å². The van der Waals surface area contributed by atoms with Gasteiger partial charge in [0.25, 0.3) is 0 Å². The van der Waals surface area contributed by atoms with Crippen molar-refractivity contribution < 1.29 is 0 Å². The van der Waals surface area contributed by atoms with Crippen molar-refractivity contribution in [1.29, 1.82) is 0 Å². The van der Waals surface area contributed by atoms with Crippen LogP contribution in [-0.2, 0) is 0 Å². The van der Waals surface area contributed by atoms with Gasteiger partial charge in [-0.3, -0.25) is 0 Å². The van der Waals surface area contributed by atoms with Crippen molar-refractivity contribution in [2.24, 2.45) is 0 Å². The number of aromatic nitrogens is 4. The van der Waals surface area contributed by atoms with E-state index in [1.54, 1.807) is 0 Å². The minimum atomic E-state index is 0.365. The number of fused-ring (bicyclic) bond motifs is 3. The molecule has 29 heavy (non-hydrogen) atoms. The molecule has 5 heteroatoms. The highest BCUT2D eigenvalue weighted by Gasteiger charge is 2.16. The van der Waals surface area contributed by atoms with E-state index in [4.69, 9.17) is 4.98 Å². The lowest BCUT2D eigenvalue weighted by molar-refractivity contribution is 0.802. The highest BCUT2D eigenvalue weighted by atomic mass is 15.4. The molecule has 142 valence electrons. The summed E-state index contributed by atoms with van der Waals surface area (Å²) in [5, 5.41) is 13.4. The van der Waals surface area contributed by atoms with Gasteiger partial charge >= 0.3 is 0 Å². The van der Waals surface area contributed by atoms with Crippen molar-refractivity contribution in [1.82, 2.24) is 19.8 Å². The van der Waals surface area contributed by atoms with Crippen LogP contribution in [0.15, 0.2) is 84.9 Å². The average Bonchev–Trinajstić information content (AvgIpc) is 3.22. The standard InChI is InChI=1S/C24H21N5/c1-17(18-10-4-2-5-11-18)16-25-23-20-14-8-9-15-21(20)29-24(26-23)22(27-28-29)19-12-6-3-7-13-19/h2-15,17H,16H2,1H3,(H,25,26)/t17-/m0/s1. The van der Waals surface area contributed by atoms with Crippen LogP contribution in [0.4, 0.5) is 5.82 Å². The zero-order chi connectivity index (χ0) is 19.6. The maximum atomic E-state index is 4.93. The molecule has 0 saturated heterocycles. The molecule has 3 aromatic carbocycles. The molecule has 5 nitrogen and oxygen atoms in total. The molecule has 1 atom stereocenters. The van der Waals surface area contributed by atoms with Crippen LogP contribution in [0.2, 0.25) is 0 Å². The molecule has 0 radical (unpaired) electrons. The molecule has 0 spiro atoms. The lowest BCUT2D eigenvalue weighted by Gasteiger charge is -2.15. The normalized spacial score (nSPS) is 12.3. The van der Waals surface area contributed by atoms with E-state index in [9.17, 15) is 0 Å². The quantitative estimate of drug-likeness (QED) is 0.458. The SMILES string of the molecule is C[C@@H](CNc1nc2c(-c3ccccc3)nnn2c2ccccc12)c1ccccc1. The third-order valence-electron chi connectivity index (χ3n) is 5.24. The van der Waals surface area contributed by atoms with Gasteiger partial charge in [0.15, 0.2) is 5.65 Å². The molecule has 0 unspecified atom stereocenters. The molecular weight excluding hydrogens is 358 g/mol. The predicted molar refractivity (Wildman–Crippen MR) is 117 cm³/mol. The fourth-order valence-electron chi connectivity index (χ4n) is 3.63. The summed E-state index contributed by atoms with van der Waals surface area (Å²) >= 11 is 0. The Morgan fingerprint density at radius 1 is 0.862 bits per heavy atom. The number of nitrogens with one attached hydrogen (secondary N) is 1. The van der Waals surface area contributed by atoms with Gasteiger partial charge in [-0.05, 0) is 23.6 Å². The fourth-order valence-corrected chi connectivity index (χ4v) is 3.63. The van der Waals surface area contributed by atoms with Gasteiger partial charge in [-0.25, -0.2) is 4.98 Å². The molecular formula is C24H21N5. The number of rotatable bonds is 5. The average molecular weight is 379 g/mol. The van der Waals surface area contributed by atoms with E-state index in [0.29, 0.717) is 5.92 Å². The molecule has 0 saturated carbocycles. The van der Waals surface area contributed by atoms with Crippen molar-refractivity contribution in [3.63, 3.8) is 0 Å². The van der Waals surface area contributed by atoms with Crippen LogP contribution in [0.3, 0.4) is 0 Å². The Balaban J connectivity index is 1.58. The summed E-state index contributed by atoms with van der Waals surface area (Å²) in [5.74, 6) is 1.22. The minimum absolute atomic E-state index is 0.365.